The summed E-state index contributed by atoms with van der Waals surface area (Å²) in [5, 5.41) is 11.3. The Morgan fingerprint density at radius 3 is 2.79 bits per heavy atom. The van der Waals surface area contributed by atoms with Crippen LogP contribution in [-0.2, 0) is 9.53 Å². The first-order valence-corrected chi connectivity index (χ1v) is 5.19. The van der Waals surface area contributed by atoms with Crippen molar-refractivity contribution in [3.05, 3.63) is 0 Å². The third-order valence-electron chi connectivity index (χ3n) is 1.85. The molecule has 0 aliphatic heterocycles. The number of nitrogens with one attached hydrogen (secondary N) is 1. The van der Waals surface area contributed by atoms with E-state index in [9.17, 15) is 4.79 Å². The lowest BCUT2D eigenvalue weighted by molar-refractivity contribution is -0.121. The fourth-order valence-electron chi connectivity index (χ4n) is 1.09. The van der Waals surface area contributed by atoms with Gasteiger partial charge in [-0.2, -0.15) is 0 Å². The number of aliphatic hydroxyl groups is 1. The number of carbonyl (C=O) groups excluding carboxylic acids is 1. The molecule has 0 aliphatic carbocycles. The number of carbonyl (C=O) groups is 1. The van der Waals surface area contributed by atoms with Gasteiger partial charge in [-0.25, -0.2) is 0 Å². The van der Waals surface area contributed by atoms with Crippen molar-refractivity contribution >= 4 is 5.91 Å². The van der Waals surface area contributed by atoms with Crippen LogP contribution < -0.4 is 5.32 Å². The predicted octanol–water partition coefficient (Wildman–Crippen LogP) is 0.690. The number of hydrogen-bond acceptors (Lipinski definition) is 3. The molecule has 0 aromatic rings. The number of rotatable bonds is 8. The van der Waals surface area contributed by atoms with Crippen molar-refractivity contribution in [2.24, 2.45) is 0 Å². The highest BCUT2D eigenvalue weighted by Gasteiger charge is 2.04. The minimum absolute atomic E-state index is 0.0324. The molecular formula is C10H21NO3. The number of amides is 1. The van der Waals surface area contributed by atoms with Crippen molar-refractivity contribution < 1.29 is 14.6 Å². The first kappa shape index (κ1) is 13.4. The summed E-state index contributed by atoms with van der Waals surface area (Å²) in [5.74, 6) is 0.0324. The molecule has 0 aliphatic rings. The third kappa shape index (κ3) is 8.01. The first-order valence-electron chi connectivity index (χ1n) is 5.19. The Kier molecular flexibility index (Phi) is 8.57. The number of hydrogen-bond donors (Lipinski definition) is 2. The van der Waals surface area contributed by atoms with Crippen molar-refractivity contribution in [3.63, 3.8) is 0 Å². The van der Waals surface area contributed by atoms with Crippen LogP contribution in [0.15, 0.2) is 0 Å². The van der Waals surface area contributed by atoms with Crippen LogP contribution in [0.4, 0.5) is 0 Å². The third-order valence-corrected chi connectivity index (χ3v) is 1.85. The van der Waals surface area contributed by atoms with Crippen molar-refractivity contribution in [3.8, 4) is 0 Å². The molecule has 4 nitrogen and oxygen atoms in total. The SMILES string of the molecule is CCOC(C)CNC(=O)CCCCO. The average Bonchev–Trinajstić information content (AvgIpc) is 2.16. The zero-order valence-corrected chi connectivity index (χ0v) is 9.08. The van der Waals surface area contributed by atoms with Crippen LogP contribution in [0.1, 0.15) is 33.1 Å². The Balaban J connectivity index is 3.34. The van der Waals surface area contributed by atoms with E-state index < -0.39 is 0 Å². The minimum Gasteiger partial charge on any atom is -0.396 e. The summed E-state index contributed by atoms with van der Waals surface area (Å²) in [7, 11) is 0. The van der Waals surface area contributed by atoms with E-state index in [0.717, 1.165) is 6.42 Å². The molecule has 0 heterocycles. The molecule has 0 fully saturated rings. The van der Waals surface area contributed by atoms with Gasteiger partial charge in [0.1, 0.15) is 0 Å². The lowest BCUT2D eigenvalue weighted by Crippen LogP contribution is -2.31. The quantitative estimate of drug-likeness (QED) is 0.571. The molecule has 2 N–H and O–H groups in total. The highest BCUT2D eigenvalue weighted by molar-refractivity contribution is 5.75. The largest absolute Gasteiger partial charge is 0.396 e. The van der Waals surface area contributed by atoms with E-state index in [1.807, 2.05) is 13.8 Å². The number of aliphatic hydroxyl groups excluding tert-OH is 1. The Bertz CT molecular complexity index is 150. The Labute approximate surface area is 85.6 Å². The highest BCUT2D eigenvalue weighted by atomic mass is 16.5. The van der Waals surface area contributed by atoms with Crippen LogP contribution >= 0.6 is 0 Å². The van der Waals surface area contributed by atoms with E-state index in [4.69, 9.17) is 9.84 Å². The van der Waals surface area contributed by atoms with Crippen molar-refractivity contribution in [1.82, 2.24) is 5.32 Å². The fourth-order valence-corrected chi connectivity index (χ4v) is 1.09. The first-order chi connectivity index (χ1) is 6.70. The van der Waals surface area contributed by atoms with Crippen LogP contribution in [0.5, 0.6) is 0 Å². The minimum atomic E-state index is 0.0324. The zero-order chi connectivity index (χ0) is 10.8. The summed E-state index contributed by atoms with van der Waals surface area (Å²) < 4.78 is 5.26. The molecule has 0 saturated heterocycles. The van der Waals surface area contributed by atoms with Gasteiger partial charge in [0.05, 0.1) is 6.10 Å². The summed E-state index contributed by atoms with van der Waals surface area (Å²) >= 11 is 0. The van der Waals surface area contributed by atoms with Gasteiger partial charge in [0.2, 0.25) is 5.91 Å². The molecule has 4 heteroatoms. The smallest absolute Gasteiger partial charge is 0.220 e. The second kappa shape index (κ2) is 8.97. The monoisotopic (exact) mass is 203 g/mol. The van der Waals surface area contributed by atoms with E-state index in [1.165, 1.54) is 0 Å². The molecule has 1 amide bonds. The highest BCUT2D eigenvalue weighted by Crippen LogP contribution is 1.94. The maximum absolute atomic E-state index is 11.2. The van der Waals surface area contributed by atoms with E-state index >= 15 is 0 Å². The molecule has 84 valence electrons. The van der Waals surface area contributed by atoms with E-state index in [0.29, 0.717) is 26.0 Å². The van der Waals surface area contributed by atoms with Crippen molar-refractivity contribution in [2.75, 3.05) is 19.8 Å². The van der Waals surface area contributed by atoms with Gasteiger partial charge in [-0.1, -0.05) is 0 Å². The maximum Gasteiger partial charge on any atom is 0.220 e. The van der Waals surface area contributed by atoms with Gasteiger partial charge < -0.3 is 15.2 Å². The van der Waals surface area contributed by atoms with E-state index in [1.54, 1.807) is 0 Å². The molecule has 0 radical (unpaired) electrons. The average molecular weight is 203 g/mol. The summed E-state index contributed by atoms with van der Waals surface area (Å²) in [6.07, 6.45) is 1.99. The predicted molar refractivity (Wildman–Crippen MR) is 55.0 cm³/mol. The molecule has 0 rings (SSSR count). The van der Waals surface area contributed by atoms with Gasteiger partial charge in [-0.3, -0.25) is 4.79 Å². The Hall–Kier alpha value is -0.610. The Morgan fingerprint density at radius 1 is 1.50 bits per heavy atom. The van der Waals surface area contributed by atoms with E-state index in [-0.39, 0.29) is 18.6 Å². The number of ether oxygens (including phenoxy) is 1. The van der Waals surface area contributed by atoms with Gasteiger partial charge in [0.25, 0.3) is 0 Å². The molecule has 0 aromatic carbocycles. The van der Waals surface area contributed by atoms with Gasteiger partial charge in [-0.15, -0.1) is 0 Å². The van der Waals surface area contributed by atoms with Gasteiger partial charge >= 0.3 is 0 Å². The lowest BCUT2D eigenvalue weighted by atomic mass is 10.2. The van der Waals surface area contributed by atoms with Crippen LogP contribution in [-0.4, -0.2) is 36.9 Å². The second-order valence-electron chi connectivity index (χ2n) is 3.25. The summed E-state index contributed by atoms with van der Waals surface area (Å²) in [5.41, 5.74) is 0. The standard InChI is InChI=1S/C10H21NO3/c1-3-14-9(2)8-11-10(13)6-4-5-7-12/h9,12H,3-8H2,1-2H3,(H,11,13). The van der Waals surface area contributed by atoms with Gasteiger partial charge in [0, 0.05) is 26.2 Å². The summed E-state index contributed by atoms with van der Waals surface area (Å²) in [4.78, 5) is 11.2. The fraction of sp³-hybridized carbons (Fsp3) is 0.900. The summed E-state index contributed by atoms with van der Waals surface area (Å²) in [6, 6.07) is 0. The number of unbranched alkanes of at least 4 members (excludes halogenated alkanes) is 1. The van der Waals surface area contributed by atoms with Crippen molar-refractivity contribution in [2.45, 2.75) is 39.2 Å². The Morgan fingerprint density at radius 2 is 2.21 bits per heavy atom. The molecule has 0 saturated carbocycles. The van der Waals surface area contributed by atoms with Gasteiger partial charge in [0.15, 0.2) is 0 Å². The maximum atomic E-state index is 11.2. The molecule has 0 aromatic heterocycles. The molecule has 0 bridgehead atoms. The van der Waals surface area contributed by atoms with Crippen LogP contribution in [0, 0.1) is 0 Å². The van der Waals surface area contributed by atoms with Crippen molar-refractivity contribution in [1.29, 1.82) is 0 Å². The molecular weight excluding hydrogens is 182 g/mol. The zero-order valence-electron chi connectivity index (χ0n) is 9.08. The van der Waals surface area contributed by atoms with Crippen LogP contribution in [0.2, 0.25) is 0 Å². The molecule has 14 heavy (non-hydrogen) atoms. The summed E-state index contributed by atoms with van der Waals surface area (Å²) in [6.45, 7) is 5.24. The van der Waals surface area contributed by atoms with Crippen LogP contribution in [0.25, 0.3) is 0 Å². The molecule has 1 unspecified atom stereocenters. The molecule has 0 spiro atoms. The normalized spacial score (nSPS) is 12.5. The van der Waals surface area contributed by atoms with E-state index in [2.05, 4.69) is 5.32 Å². The topological polar surface area (TPSA) is 58.6 Å². The van der Waals surface area contributed by atoms with Gasteiger partial charge in [-0.05, 0) is 26.7 Å². The molecule has 1 atom stereocenters. The van der Waals surface area contributed by atoms with Crippen LogP contribution in [0.3, 0.4) is 0 Å². The second-order valence-corrected chi connectivity index (χ2v) is 3.25. The lowest BCUT2D eigenvalue weighted by Gasteiger charge is -2.12.